The van der Waals surface area contributed by atoms with Crippen LogP contribution in [0.2, 0.25) is 0 Å². The van der Waals surface area contributed by atoms with Crippen LogP contribution < -0.4 is 5.32 Å². The molecular formula is C18H28N2O3S. The Morgan fingerprint density at radius 3 is 2.71 bits per heavy atom. The van der Waals surface area contributed by atoms with Gasteiger partial charge in [-0.25, -0.2) is 12.7 Å². The van der Waals surface area contributed by atoms with Crippen LogP contribution in [0.4, 0.5) is 0 Å². The summed E-state index contributed by atoms with van der Waals surface area (Å²) < 4.78 is 25.9. The van der Waals surface area contributed by atoms with E-state index in [0.717, 1.165) is 12.8 Å². The van der Waals surface area contributed by atoms with Gasteiger partial charge in [0.2, 0.25) is 15.9 Å². The van der Waals surface area contributed by atoms with Gasteiger partial charge in [0.15, 0.2) is 0 Å². The fraction of sp³-hybridized carbons (Fsp3) is 0.611. The smallest absolute Gasteiger partial charge is 0.224 e. The van der Waals surface area contributed by atoms with Gasteiger partial charge in [-0.3, -0.25) is 4.79 Å². The van der Waals surface area contributed by atoms with Gasteiger partial charge in [0.1, 0.15) is 0 Å². The third kappa shape index (κ3) is 5.05. The summed E-state index contributed by atoms with van der Waals surface area (Å²) in [5, 5.41) is 2.99. The molecule has 0 spiro atoms. The predicted molar refractivity (Wildman–Crippen MR) is 96.2 cm³/mol. The van der Waals surface area contributed by atoms with Gasteiger partial charge in [0.05, 0.1) is 11.7 Å². The highest BCUT2D eigenvalue weighted by Crippen LogP contribution is 2.20. The second kappa shape index (κ2) is 8.62. The van der Waals surface area contributed by atoms with Crippen molar-refractivity contribution in [3.8, 4) is 0 Å². The maximum atomic E-state index is 12.4. The summed E-state index contributed by atoms with van der Waals surface area (Å²) in [6.07, 6.45) is 2.10. The van der Waals surface area contributed by atoms with E-state index >= 15 is 0 Å². The normalized spacial score (nSPS) is 20.5. The van der Waals surface area contributed by atoms with Gasteiger partial charge in [-0.15, -0.1) is 0 Å². The van der Waals surface area contributed by atoms with Crippen LogP contribution in [0.25, 0.3) is 0 Å². The molecule has 0 bridgehead atoms. The number of amides is 1. The Bertz CT molecular complexity index is 631. The van der Waals surface area contributed by atoms with E-state index in [4.69, 9.17) is 0 Å². The molecule has 0 aromatic heterocycles. The largest absolute Gasteiger partial charge is 0.355 e. The van der Waals surface area contributed by atoms with Gasteiger partial charge in [-0.1, -0.05) is 44.2 Å². The first-order chi connectivity index (χ1) is 11.4. The van der Waals surface area contributed by atoms with Crippen LogP contribution in [0, 0.1) is 5.92 Å². The molecule has 0 radical (unpaired) electrons. The zero-order valence-electron chi connectivity index (χ0n) is 14.6. The van der Waals surface area contributed by atoms with Gasteiger partial charge in [-0.05, 0) is 30.7 Å². The average Bonchev–Trinajstić information content (AvgIpc) is 2.60. The summed E-state index contributed by atoms with van der Waals surface area (Å²) >= 11 is 0. The van der Waals surface area contributed by atoms with E-state index in [2.05, 4.69) is 24.4 Å². The fourth-order valence-electron chi connectivity index (χ4n) is 3.09. The lowest BCUT2D eigenvalue weighted by Crippen LogP contribution is -2.46. The number of piperidine rings is 1. The Kier molecular flexibility index (Phi) is 6.80. The third-order valence-corrected chi connectivity index (χ3v) is 6.60. The molecule has 1 aromatic rings. The Morgan fingerprint density at radius 1 is 1.33 bits per heavy atom. The highest BCUT2D eigenvalue weighted by atomic mass is 32.2. The highest BCUT2D eigenvalue weighted by molar-refractivity contribution is 7.89. The lowest BCUT2D eigenvalue weighted by atomic mass is 9.97. The second-order valence-electron chi connectivity index (χ2n) is 6.57. The lowest BCUT2D eigenvalue weighted by molar-refractivity contribution is -0.126. The standard InChI is InChI=1S/C18H28N2O3S/c1-3-12-24(22,23)20-11-7-10-17(14-20)18(21)19-13-15(2)16-8-5-4-6-9-16/h4-6,8-9,15,17H,3,7,10-14H2,1-2H3,(H,19,21)/t15-,17-/m1/s1. The molecule has 6 heteroatoms. The summed E-state index contributed by atoms with van der Waals surface area (Å²) in [7, 11) is -3.22. The monoisotopic (exact) mass is 352 g/mol. The van der Waals surface area contributed by atoms with E-state index in [-0.39, 0.29) is 23.5 Å². The molecule has 0 unspecified atom stereocenters. The van der Waals surface area contributed by atoms with Crippen LogP contribution in [0.5, 0.6) is 0 Å². The van der Waals surface area contributed by atoms with Crippen molar-refractivity contribution in [1.82, 2.24) is 9.62 Å². The molecule has 1 aliphatic rings. The molecular weight excluding hydrogens is 324 g/mol. The van der Waals surface area contributed by atoms with Gasteiger partial charge in [-0.2, -0.15) is 0 Å². The van der Waals surface area contributed by atoms with Gasteiger partial charge in [0, 0.05) is 19.6 Å². The fourth-order valence-corrected chi connectivity index (χ4v) is 4.68. The Hall–Kier alpha value is -1.40. The zero-order chi connectivity index (χ0) is 17.6. The van der Waals surface area contributed by atoms with E-state index in [1.54, 1.807) is 0 Å². The molecule has 1 aromatic carbocycles. The van der Waals surface area contributed by atoms with Crippen LogP contribution in [0.3, 0.4) is 0 Å². The van der Waals surface area contributed by atoms with Crippen molar-refractivity contribution in [3.63, 3.8) is 0 Å². The Balaban J connectivity index is 1.88. The van der Waals surface area contributed by atoms with Gasteiger partial charge < -0.3 is 5.32 Å². The maximum Gasteiger partial charge on any atom is 0.224 e. The second-order valence-corrected chi connectivity index (χ2v) is 8.66. The molecule has 0 saturated carbocycles. The molecule has 134 valence electrons. The van der Waals surface area contributed by atoms with Crippen molar-refractivity contribution in [2.75, 3.05) is 25.4 Å². The number of hydrogen-bond acceptors (Lipinski definition) is 3. The van der Waals surface area contributed by atoms with E-state index in [0.29, 0.717) is 26.1 Å². The van der Waals surface area contributed by atoms with Gasteiger partial charge >= 0.3 is 0 Å². The first-order valence-electron chi connectivity index (χ1n) is 8.74. The zero-order valence-corrected chi connectivity index (χ0v) is 15.4. The summed E-state index contributed by atoms with van der Waals surface area (Å²) in [6.45, 7) is 5.35. The summed E-state index contributed by atoms with van der Waals surface area (Å²) in [5.74, 6) is 0.119. The van der Waals surface area contributed by atoms with Crippen molar-refractivity contribution in [1.29, 1.82) is 0 Å². The summed E-state index contributed by atoms with van der Waals surface area (Å²) in [4.78, 5) is 12.4. The SMILES string of the molecule is CCCS(=O)(=O)N1CCC[C@@H](C(=O)NC[C@@H](C)c2ccccc2)C1. The van der Waals surface area contributed by atoms with Crippen LogP contribution >= 0.6 is 0 Å². The predicted octanol–water partition coefficient (Wildman–Crippen LogP) is 2.36. The van der Waals surface area contributed by atoms with Crippen LogP contribution in [-0.4, -0.2) is 44.0 Å². The average molecular weight is 353 g/mol. The Morgan fingerprint density at radius 2 is 2.04 bits per heavy atom. The van der Waals surface area contributed by atoms with E-state index < -0.39 is 10.0 Å². The molecule has 24 heavy (non-hydrogen) atoms. The highest BCUT2D eigenvalue weighted by Gasteiger charge is 2.31. The number of sulfonamides is 1. The van der Waals surface area contributed by atoms with Crippen molar-refractivity contribution >= 4 is 15.9 Å². The first-order valence-corrected chi connectivity index (χ1v) is 10.4. The van der Waals surface area contributed by atoms with E-state index in [1.165, 1.54) is 9.87 Å². The molecule has 1 heterocycles. The number of nitrogens with one attached hydrogen (secondary N) is 1. The topological polar surface area (TPSA) is 66.5 Å². The minimum atomic E-state index is -3.22. The van der Waals surface area contributed by atoms with Crippen LogP contribution in [-0.2, 0) is 14.8 Å². The molecule has 1 amide bonds. The van der Waals surface area contributed by atoms with Gasteiger partial charge in [0.25, 0.3) is 0 Å². The number of rotatable bonds is 7. The minimum Gasteiger partial charge on any atom is -0.355 e. The molecule has 2 rings (SSSR count). The number of nitrogens with zero attached hydrogens (tertiary/aromatic N) is 1. The number of carbonyl (C=O) groups excluding carboxylic acids is 1. The van der Waals surface area contributed by atoms with Crippen molar-refractivity contribution in [2.45, 2.75) is 39.0 Å². The quantitative estimate of drug-likeness (QED) is 0.819. The van der Waals surface area contributed by atoms with Crippen molar-refractivity contribution in [2.24, 2.45) is 5.92 Å². The number of hydrogen-bond donors (Lipinski definition) is 1. The van der Waals surface area contributed by atoms with E-state index in [9.17, 15) is 13.2 Å². The first kappa shape index (κ1) is 18.9. The molecule has 1 aliphatic heterocycles. The molecule has 5 nitrogen and oxygen atoms in total. The molecule has 1 saturated heterocycles. The number of carbonyl (C=O) groups is 1. The summed E-state index contributed by atoms with van der Waals surface area (Å²) in [5.41, 5.74) is 1.19. The molecule has 1 fully saturated rings. The molecule has 1 N–H and O–H groups in total. The van der Waals surface area contributed by atoms with Crippen molar-refractivity contribution in [3.05, 3.63) is 35.9 Å². The van der Waals surface area contributed by atoms with Crippen LogP contribution in [0.15, 0.2) is 30.3 Å². The third-order valence-electron chi connectivity index (χ3n) is 4.56. The molecule has 0 aliphatic carbocycles. The lowest BCUT2D eigenvalue weighted by Gasteiger charge is -2.31. The Labute approximate surface area is 145 Å². The van der Waals surface area contributed by atoms with Crippen molar-refractivity contribution < 1.29 is 13.2 Å². The minimum absolute atomic E-state index is 0.0332. The summed E-state index contributed by atoms with van der Waals surface area (Å²) in [6, 6.07) is 10.1. The van der Waals surface area contributed by atoms with Crippen LogP contribution in [0.1, 0.15) is 44.6 Å². The molecule has 2 atom stereocenters. The van der Waals surface area contributed by atoms with E-state index in [1.807, 2.05) is 25.1 Å². The number of benzene rings is 1. The maximum absolute atomic E-state index is 12.4.